The Morgan fingerprint density at radius 3 is 2.13 bits per heavy atom. The van der Waals surface area contributed by atoms with Gasteiger partial charge in [-0.05, 0) is 97.6 Å². The number of alkyl halides is 6. The molecule has 39 heavy (non-hydrogen) atoms. The summed E-state index contributed by atoms with van der Waals surface area (Å²) in [6.45, 7) is 4.51. The molecule has 3 saturated carbocycles. The van der Waals surface area contributed by atoms with Gasteiger partial charge in [-0.1, -0.05) is 13.8 Å². The Balaban J connectivity index is 1.30. The molecule has 0 N–H and O–H groups in total. The molecule has 216 valence electrons. The highest BCUT2D eigenvalue weighted by molar-refractivity contribution is 5.90. The maximum Gasteiger partial charge on any atom is 0.416 e. The zero-order valence-corrected chi connectivity index (χ0v) is 22.4. The number of carbonyl (C=O) groups is 2. The van der Waals surface area contributed by atoms with Gasteiger partial charge >= 0.3 is 18.3 Å². The van der Waals surface area contributed by atoms with E-state index in [1.165, 1.54) is 0 Å². The standard InChI is InChI=1S/C29H35F6NO3/c1-26-10-8-22-20(5-7-23-27(22,2)11-9-24(37)36(23)3)21(26)6-4-17(26)15-39-25(38)16-12-18(28(30,31)32)14-19(13-16)29(33,34)35/h12-14,17,20-23H,4-11,15H2,1-3H3/t17?,20-,21-,22+,23?,26+,27+/m0/s1. The monoisotopic (exact) mass is 559 g/mol. The Labute approximate surface area is 224 Å². The number of benzene rings is 1. The van der Waals surface area contributed by atoms with Gasteiger partial charge in [0.05, 0.1) is 23.3 Å². The summed E-state index contributed by atoms with van der Waals surface area (Å²) in [5, 5.41) is 0. The minimum absolute atomic E-state index is 0.00698. The van der Waals surface area contributed by atoms with Gasteiger partial charge in [-0.2, -0.15) is 26.3 Å². The van der Waals surface area contributed by atoms with Crippen molar-refractivity contribution < 1.29 is 40.7 Å². The Hall–Kier alpha value is -2.26. The molecule has 0 bridgehead atoms. The van der Waals surface area contributed by atoms with E-state index in [2.05, 4.69) is 13.8 Å². The predicted molar refractivity (Wildman–Crippen MR) is 130 cm³/mol. The first kappa shape index (κ1) is 28.3. The minimum atomic E-state index is -5.03. The largest absolute Gasteiger partial charge is 0.462 e. The van der Waals surface area contributed by atoms with Crippen LogP contribution < -0.4 is 0 Å². The molecule has 1 aromatic rings. The molecule has 1 amide bonds. The molecule has 1 heterocycles. The first-order valence-electron chi connectivity index (χ1n) is 13.8. The summed E-state index contributed by atoms with van der Waals surface area (Å²) in [6.07, 6.45) is -2.94. The fourth-order valence-corrected chi connectivity index (χ4v) is 8.87. The smallest absolute Gasteiger partial charge is 0.416 e. The van der Waals surface area contributed by atoms with Crippen molar-refractivity contribution in [2.24, 2.45) is 34.5 Å². The van der Waals surface area contributed by atoms with Crippen molar-refractivity contribution in [2.75, 3.05) is 13.7 Å². The average Bonchev–Trinajstić information content (AvgIpc) is 3.20. The average molecular weight is 560 g/mol. The number of ether oxygens (including phenoxy) is 1. The SMILES string of the molecule is CN1C(=O)CC[C@@]2(C)C1CC[C@@H]1[C@H]2CC[C@]2(C)C(COC(=O)c3cc(C(F)(F)F)cc(C(F)(F)F)c3)CC[C@@H]12. The summed E-state index contributed by atoms with van der Waals surface area (Å²) >= 11 is 0. The number of rotatable bonds is 3. The maximum atomic E-state index is 13.2. The molecular formula is C29H35F6NO3. The summed E-state index contributed by atoms with van der Waals surface area (Å²) in [5.41, 5.74) is -3.87. The molecule has 2 unspecified atom stereocenters. The number of halogens is 6. The van der Waals surface area contributed by atoms with Crippen molar-refractivity contribution in [3.63, 3.8) is 0 Å². The topological polar surface area (TPSA) is 46.6 Å². The molecule has 4 nitrogen and oxygen atoms in total. The molecule has 3 aliphatic carbocycles. The van der Waals surface area contributed by atoms with Crippen molar-refractivity contribution in [1.29, 1.82) is 0 Å². The van der Waals surface area contributed by atoms with Gasteiger partial charge in [0.15, 0.2) is 0 Å². The van der Waals surface area contributed by atoms with Crippen LogP contribution in [0.15, 0.2) is 18.2 Å². The molecule has 5 rings (SSSR count). The quantitative estimate of drug-likeness (QED) is 0.287. The van der Waals surface area contributed by atoms with Crippen LogP contribution in [0.1, 0.15) is 86.7 Å². The van der Waals surface area contributed by atoms with Gasteiger partial charge in [-0.15, -0.1) is 0 Å². The second kappa shape index (κ2) is 9.40. The molecule has 0 radical (unpaired) electrons. The molecule has 4 fully saturated rings. The Morgan fingerprint density at radius 2 is 1.51 bits per heavy atom. The van der Waals surface area contributed by atoms with E-state index in [9.17, 15) is 35.9 Å². The number of nitrogens with zero attached hydrogens (tertiary/aromatic N) is 1. The second-order valence-electron chi connectivity index (χ2n) is 12.7. The molecule has 1 saturated heterocycles. The lowest BCUT2D eigenvalue weighted by Crippen LogP contribution is -2.61. The van der Waals surface area contributed by atoms with Gasteiger partial charge in [-0.3, -0.25) is 4.79 Å². The van der Waals surface area contributed by atoms with Gasteiger partial charge < -0.3 is 9.64 Å². The van der Waals surface area contributed by atoms with Crippen LogP contribution in [0, 0.1) is 34.5 Å². The lowest BCUT2D eigenvalue weighted by atomic mass is 9.47. The number of likely N-dealkylation sites (tertiary alicyclic amines) is 1. The van der Waals surface area contributed by atoms with Crippen molar-refractivity contribution in [3.05, 3.63) is 34.9 Å². The lowest BCUT2D eigenvalue weighted by Gasteiger charge is -2.61. The van der Waals surface area contributed by atoms with Crippen molar-refractivity contribution in [3.8, 4) is 0 Å². The van der Waals surface area contributed by atoms with Crippen LogP contribution in [0.3, 0.4) is 0 Å². The molecule has 0 aromatic heterocycles. The van der Waals surface area contributed by atoms with E-state index in [1.807, 2.05) is 11.9 Å². The van der Waals surface area contributed by atoms with Crippen molar-refractivity contribution in [2.45, 2.75) is 83.6 Å². The van der Waals surface area contributed by atoms with E-state index < -0.39 is 35.0 Å². The van der Waals surface area contributed by atoms with E-state index >= 15 is 0 Å². The number of amides is 1. The third-order valence-electron chi connectivity index (χ3n) is 11.0. The highest BCUT2D eigenvalue weighted by Crippen LogP contribution is 2.66. The van der Waals surface area contributed by atoms with E-state index in [-0.39, 0.29) is 41.4 Å². The van der Waals surface area contributed by atoms with Crippen molar-refractivity contribution >= 4 is 11.9 Å². The van der Waals surface area contributed by atoms with Crippen LogP contribution >= 0.6 is 0 Å². The molecule has 10 heteroatoms. The summed E-state index contributed by atoms with van der Waals surface area (Å²) in [5.74, 6) is 0.423. The maximum absolute atomic E-state index is 13.2. The van der Waals surface area contributed by atoms with Crippen LogP contribution in [-0.4, -0.2) is 36.5 Å². The van der Waals surface area contributed by atoms with Gasteiger partial charge in [0.1, 0.15) is 0 Å². The fraction of sp³-hybridized carbons (Fsp3) is 0.724. The summed E-state index contributed by atoms with van der Waals surface area (Å²) in [6, 6.07) is 1.10. The van der Waals surface area contributed by atoms with E-state index in [1.54, 1.807) is 0 Å². The zero-order chi connectivity index (χ0) is 28.5. The zero-order valence-electron chi connectivity index (χ0n) is 22.4. The van der Waals surface area contributed by atoms with Crippen LogP contribution in [0.25, 0.3) is 0 Å². The summed E-state index contributed by atoms with van der Waals surface area (Å²) in [7, 11) is 1.92. The molecule has 1 aromatic carbocycles. The Kier molecular flexibility index (Phi) is 6.81. The number of fused-ring (bicyclic) bond motifs is 5. The van der Waals surface area contributed by atoms with E-state index in [0.29, 0.717) is 36.3 Å². The molecule has 7 atom stereocenters. The van der Waals surface area contributed by atoms with Gasteiger partial charge in [0.25, 0.3) is 0 Å². The van der Waals surface area contributed by atoms with Gasteiger partial charge in [-0.25, -0.2) is 4.79 Å². The highest BCUT2D eigenvalue weighted by Gasteiger charge is 2.61. The molecule has 0 spiro atoms. The normalized spacial score (nSPS) is 36.7. The van der Waals surface area contributed by atoms with Gasteiger partial charge in [0.2, 0.25) is 5.91 Å². The molecule has 4 aliphatic rings. The first-order chi connectivity index (χ1) is 18.1. The van der Waals surface area contributed by atoms with E-state index in [0.717, 1.165) is 44.9 Å². The Bertz CT molecular complexity index is 1120. The molecular weight excluding hydrogens is 524 g/mol. The van der Waals surface area contributed by atoms with E-state index in [4.69, 9.17) is 4.74 Å². The second-order valence-corrected chi connectivity index (χ2v) is 12.7. The highest BCUT2D eigenvalue weighted by atomic mass is 19.4. The number of piperidine rings is 1. The number of hydrogen-bond acceptors (Lipinski definition) is 3. The number of carbonyl (C=O) groups excluding carboxylic acids is 2. The minimum Gasteiger partial charge on any atom is -0.462 e. The van der Waals surface area contributed by atoms with Crippen molar-refractivity contribution in [1.82, 2.24) is 4.90 Å². The van der Waals surface area contributed by atoms with Crippen LogP contribution in [0.4, 0.5) is 26.3 Å². The van der Waals surface area contributed by atoms with Gasteiger partial charge in [0, 0.05) is 19.5 Å². The van der Waals surface area contributed by atoms with Crippen LogP contribution in [-0.2, 0) is 21.9 Å². The third kappa shape index (κ3) is 4.73. The summed E-state index contributed by atoms with van der Waals surface area (Å²) in [4.78, 5) is 27.0. The molecule has 1 aliphatic heterocycles. The lowest BCUT2D eigenvalue weighted by molar-refractivity contribution is -0.158. The first-order valence-corrected chi connectivity index (χ1v) is 13.8. The van der Waals surface area contributed by atoms with Crippen LogP contribution in [0.5, 0.6) is 0 Å². The van der Waals surface area contributed by atoms with Crippen LogP contribution in [0.2, 0.25) is 0 Å². The Morgan fingerprint density at radius 1 is 0.897 bits per heavy atom. The summed E-state index contributed by atoms with van der Waals surface area (Å²) < 4.78 is 84.8. The number of esters is 1. The third-order valence-corrected chi connectivity index (χ3v) is 11.0. The fourth-order valence-electron chi connectivity index (χ4n) is 8.87. The predicted octanol–water partition coefficient (Wildman–Crippen LogP) is 7.36. The number of hydrogen-bond donors (Lipinski definition) is 0.